The Hall–Kier alpha value is -1.44. The second-order valence-corrected chi connectivity index (χ2v) is 8.80. The quantitative estimate of drug-likeness (QED) is 0.524. The number of benzene rings is 1. The fraction of sp³-hybridized carbons (Fsp3) is 0.222. The average molecular weight is 482 g/mol. The minimum atomic E-state index is -0.0582. The van der Waals surface area contributed by atoms with Crippen molar-refractivity contribution >= 4 is 65.6 Å². The third-order valence-corrected chi connectivity index (χ3v) is 6.71. The van der Waals surface area contributed by atoms with E-state index in [0.29, 0.717) is 14.8 Å². The first kappa shape index (κ1) is 17.0. The van der Waals surface area contributed by atoms with Crippen LogP contribution < -0.4 is 5.56 Å². The first-order valence-electron chi connectivity index (χ1n) is 7.93. The van der Waals surface area contributed by atoms with E-state index in [-0.39, 0.29) is 11.3 Å². The summed E-state index contributed by atoms with van der Waals surface area (Å²) in [5.41, 5.74) is 2.02. The molecule has 0 fully saturated rings. The molecule has 0 amide bonds. The normalized spacial score (nSPS) is 14.3. The lowest BCUT2D eigenvalue weighted by Crippen LogP contribution is -2.11. The highest BCUT2D eigenvalue weighted by Crippen LogP contribution is 2.35. The number of aromatic hydroxyl groups is 1. The van der Waals surface area contributed by atoms with Gasteiger partial charge in [-0.25, -0.2) is 4.98 Å². The fourth-order valence-corrected chi connectivity index (χ4v) is 5.61. The van der Waals surface area contributed by atoms with Gasteiger partial charge >= 0.3 is 0 Å². The van der Waals surface area contributed by atoms with Gasteiger partial charge in [0.15, 0.2) is 0 Å². The Bertz CT molecular complexity index is 1050. The Kier molecular flexibility index (Phi) is 4.56. The van der Waals surface area contributed by atoms with Crippen LogP contribution in [0.2, 0.25) is 0 Å². The van der Waals surface area contributed by atoms with Crippen LogP contribution in [0.4, 0.5) is 0 Å². The summed E-state index contributed by atoms with van der Waals surface area (Å²) in [4.78, 5) is 22.2. The van der Waals surface area contributed by atoms with Crippen molar-refractivity contribution in [2.45, 2.75) is 25.7 Å². The number of aryl methyl sites for hydroxylation is 2. The van der Waals surface area contributed by atoms with Gasteiger partial charge in [-0.15, -0.1) is 11.3 Å². The zero-order chi connectivity index (χ0) is 17.6. The maximum absolute atomic E-state index is 12.5. The predicted molar refractivity (Wildman–Crippen MR) is 109 cm³/mol. The highest BCUT2D eigenvalue weighted by molar-refractivity contribution is 9.11. The lowest BCUT2D eigenvalue weighted by Gasteiger charge is -2.09. The summed E-state index contributed by atoms with van der Waals surface area (Å²) in [7, 11) is 0. The Labute approximate surface area is 164 Å². The minimum absolute atomic E-state index is 0.0582. The Morgan fingerprint density at radius 2 is 1.88 bits per heavy atom. The predicted octanol–water partition coefficient (Wildman–Crippen LogP) is 5.26. The summed E-state index contributed by atoms with van der Waals surface area (Å²) < 4.78 is 1.20. The maximum atomic E-state index is 12.5. The Balaban J connectivity index is 1.74. The van der Waals surface area contributed by atoms with Crippen molar-refractivity contribution in [1.29, 1.82) is 0 Å². The molecule has 0 unspecified atom stereocenters. The molecule has 0 saturated heterocycles. The van der Waals surface area contributed by atoms with E-state index in [0.717, 1.165) is 35.0 Å². The van der Waals surface area contributed by atoms with E-state index >= 15 is 0 Å². The number of phenolic OH excluding ortho intramolecular Hbond substituents is 1. The zero-order valence-corrected chi connectivity index (χ0v) is 17.1. The third-order valence-electron chi connectivity index (χ3n) is 4.32. The van der Waals surface area contributed by atoms with Crippen LogP contribution in [0.5, 0.6) is 5.75 Å². The van der Waals surface area contributed by atoms with Crippen molar-refractivity contribution in [3.05, 3.63) is 53.3 Å². The highest BCUT2D eigenvalue weighted by Gasteiger charge is 2.19. The molecule has 128 valence electrons. The van der Waals surface area contributed by atoms with Gasteiger partial charge in [-0.1, -0.05) is 6.08 Å². The second-order valence-electron chi connectivity index (χ2n) is 6.01. The Morgan fingerprint density at radius 1 is 1.16 bits per heavy atom. The van der Waals surface area contributed by atoms with Crippen molar-refractivity contribution in [2.24, 2.45) is 0 Å². The molecule has 3 aromatic rings. The maximum Gasteiger partial charge on any atom is 0.260 e. The van der Waals surface area contributed by atoms with Crippen molar-refractivity contribution in [3.8, 4) is 5.75 Å². The molecule has 0 radical (unpaired) electrons. The number of rotatable bonds is 2. The number of aromatic amines is 1. The van der Waals surface area contributed by atoms with Crippen LogP contribution in [0.15, 0.2) is 25.9 Å². The van der Waals surface area contributed by atoms with E-state index in [4.69, 9.17) is 0 Å². The van der Waals surface area contributed by atoms with E-state index in [2.05, 4.69) is 41.8 Å². The summed E-state index contributed by atoms with van der Waals surface area (Å²) in [6.07, 6.45) is 8.00. The number of nitrogens with one attached hydrogen (secondary N) is 1. The molecule has 1 aliphatic rings. The molecule has 0 spiro atoms. The van der Waals surface area contributed by atoms with Crippen molar-refractivity contribution in [2.75, 3.05) is 0 Å². The largest absolute Gasteiger partial charge is 0.506 e. The fourth-order valence-electron chi connectivity index (χ4n) is 3.12. The van der Waals surface area contributed by atoms with E-state index in [1.54, 1.807) is 29.5 Å². The van der Waals surface area contributed by atoms with Crippen LogP contribution in [-0.4, -0.2) is 15.1 Å². The van der Waals surface area contributed by atoms with Gasteiger partial charge in [-0.2, -0.15) is 0 Å². The molecule has 0 saturated carbocycles. The minimum Gasteiger partial charge on any atom is -0.506 e. The van der Waals surface area contributed by atoms with E-state index in [1.165, 1.54) is 16.9 Å². The zero-order valence-electron chi connectivity index (χ0n) is 13.1. The van der Waals surface area contributed by atoms with Gasteiger partial charge in [0.25, 0.3) is 5.56 Å². The number of halogens is 2. The summed E-state index contributed by atoms with van der Waals surface area (Å²) in [5.74, 6) is 0.700. The van der Waals surface area contributed by atoms with Gasteiger partial charge in [-0.05, 0) is 86.9 Å². The number of phenols is 1. The van der Waals surface area contributed by atoms with Crippen LogP contribution in [0.25, 0.3) is 22.4 Å². The van der Waals surface area contributed by atoms with Gasteiger partial charge < -0.3 is 10.1 Å². The molecular weight excluding hydrogens is 468 g/mol. The molecule has 25 heavy (non-hydrogen) atoms. The molecule has 2 N–H and O–H groups in total. The van der Waals surface area contributed by atoms with Crippen molar-refractivity contribution < 1.29 is 5.11 Å². The van der Waals surface area contributed by atoms with Crippen molar-refractivity contribution in [3.63, 3.8) is 0 Å². The standard InChI is InChI=1S/C18H14Br2N2O2S/c19-11-7-9(8-12(20)16(11)23)5-6-14-21-17(24)15-10-3-1-2-4-13(10)25-18(15)22-14/h5-8,23H,1-4H2,(H,21,22,24). The summed E-state index contributed by atoms with van der Waals surface area (Å²) in [6.45, 7) is 0. The van der Waals surface area contributed by atoms with Gasteiger partial charge in [0, 0.05) is 4.88 Å². The lowest BCUT2D eigenvalue weighted by atomic mass is 9.97. The molecule has 0 aliphatic heterocycles. The average Bonchev–Trinajstić information content (AvgIpc) is 2.96. The molecule has 7 heteroatoms. The molecule has 0 bridgehead atoms. The SMILES string of the molecule is O=c1[nH]c(C=Cc2cc(Br)c(O)c(Br)c2)nc2sc3c(c12)CCCC3. The van der Waals surface area contributed by atoms with Crippen LogP contribution in [0.3, 0.4) is 0 Å². The van der Waals surface area contributed by atoms with Crippen LogP contribution in [-0.2, 0) is 12.8 Å². The van der Waals surface area contributed by atoms with Gasteiger partial charge in [-0.3, -0.25) is 4.79 Å². The third kappa shape index (κ3) is 3.20. The van der Waals surface area contributed by atoms with Gasteiger partial charge in [0.05, 0.1) is 14.3 Å². The van der Waals surface area contributed by atoms with E-state index in [9.17, 15) is 9.90 Å². The molecule has 2 aromatic heterocycles. The number of fused-ring (bicyclic) bond motifs is 3. The molecule has 4 rings (SSSR count). The molecule has 1 aromatic carbocycles. The van der Waals surface area contributed by atoms with Gasteiger partial charge in [0.2, 0.25) is 0 Å². The second kappa shape index (κ2) is 6.70. The molecule has 0 atom stereocenters. The Morgan fingerprint density at radius 3 is 2.64 bits per heavy atom. The monoisotopic (exact) mass is 480 g/mol. The van der Waals surface area contributed by atoms with E-state index in [1.807, 2.05) is 6.08 Å². The number of aromatic nitrogens is 2. The smallest absolute Gasteiger partial charge is 0.260 e. The number of nitrogens with zero attached hydrogens (tertiary/aromatic N) is 1. The van der Waals surface area contributed by atoms with Crippen LogP contribution in [0, 0.1) is 0 Å². The van der Waals surface area contributed by atoms with Crippen LogP contribution >= 0.6 is 43.2 Å². The molecule has 4 nitrogen and oxygen atoms in total. The number of H-pyrrole nitrogens is 1. The highest BCUT2D eigenvalue weighted by atomic mass is 79.9. The van der Waals surface area contributed by atoms with Crippen LogP contribution in [0.1, 0.15) is 34.7 Å². The van der Waals surface area contributed by atoms with E-state index < -0.39 is 0 Å². The summed E-state index contributed by atoms with van der Waals surface area (Å²) in [6, 6.07) is 3.61. The lowest BCUT2D eigenvalue weighted by molar-refractivity contribution is 0.468. The topological polar surface area (TPSA) is 66.0 Å². The van der Waals surface area contributed by atoms with Crippen molar-refractivity contribution in [1.82, 2.24) is 9.97 Å². The van der Waals surface area contributed by atoms with Gasteiger partial charge in [0.1, 0.15) is 16.4 Å². The summed E-state index contributed by atoms with van der Waals surface area (Å²) in [5, 5.41) is 10.5. The molecular formula is C18H14Br2N2O2S. The number of thiophene rings is 1. The molecule has 2 heterocycles. The summed E-state index contributed by atoms with van der Waals surface area (Å²) >= 11 is 8.27. The number of hydrogen-bond acceptors (Lipinski definition) is 4. The molecule has 1 aliphatic carbocycles. The first-order valence-corrected chi connectivity index (χ1v) is 10.3. The first-order chi connectivity index (χ1) is 12.0. The number of hydrogen-bond donors (Lipinski definition) is 2.